The van der Waals surface area contributed by atoms with E-state index < -0.39 is 11.4 Å². The predicted molar refractivity (Wildman–Crippen MR) is 90.2 cm³/mol. The van der Waals surface area contributed by atoms with E-state index >= 15 is 0 Å². The van der Waals surface area contributed by atoms with E-state index in [2.05, 4.69) is 15.1 Å². The molecule has 2 aromatic rings. The number of rotatable bonds is 5. The Morgan fingerprint density at radius 1 is 1.48 bits per heavy atom. The van der Waals surface area contributed by atoms with Crippen LogP contribution >= 0.6 is 0 Å². The number of nitrogens with zero attached hydrogens (tertiary/aromatic N) is 2. The summed E-state index contributed by atoms with van der Waals surface area (Å²) in [6.45, 7) is 2.75. The van der Waals surface area contributed by atoms with Crippen molar-refractivity contribution in [2.75, 3.05) is 33.4 Å². The van der Waals surface area contributed by atoms with Crippen molar-refractivity contribution in [2.24, 2.45) is 11.3 Å². The van der Waals surface area contributed by atoms with Crippen LogP contribution in [-0.2, 0) is 16.1 Å². The molecule has 2 fully saturated rings. The fourth-order valence-corrected chi connectivity index (χ4v) is 3.94. The van der Waals surface area contributed by atoms with Gasteiger partial charge in [-0.2, -0.15) is 5.10 Å². The largest absolute Gasteiger partial charge is 0.497 e. The fraction of sp³-hybridized carbons (Fsp3) is 0.444. The van der Waals surface area contributed by atoms with Gasteiger partial charge in [0.25, 0.3) is 0 Å². The van der Waals surface area contributed by atoms with Gasteiger partial charge < -0.3 is 14.6 Å². The topological polar surface area (TPSA) is 87.7 Å². The summed E-state index contributed by atoms with van der Waals surface area (Å²) in [5, 5.41) is 16.9. The highest BCUT2D eigenvalue weighted by atomic mass is 16.5. The summed E-state index contributed by atoms with van der Waals surface area (Å²) in [7, 11) is 1.64. The number of aliphatic carboxylic acids is 1. The van der Waals surface area contributed by atoms with Crippen LogP contribution < -0.4 is 4.74 Å². The van der Waals surface area contributed by atoms with Crippen LogP contribution in [0.15, 0.2) is 30.5 Å². The Morgan fingerprint density at radius 2 is 2.28 bits per heavy atom. The van der Waals surface area contributed by atoms with Gasteiger partial charge in [0, 0.05) is 36.7 Å². The van der Waals surface area contributed by atoms with E-state index in [-0.39, 0.29) is 5.92 Å². The normalized spacial score (nSPS) is 25.9. The monoisotopic (exact) mass is 343 g/mol. The van der Waals surface area contributed by atoms with E-state index in [1.807, 2.05) is 30.5 Å². The van der Waals surface area contributed by atoms with Gasteiger partial charge in [0.2, 0.25) is 0 Å². The number of likely N-dealkylation sites (tertiary alicyclic amines) is 1. The number of carboxylic acids is 1. The Morgan fingerprint density at radius 3 is 2.96 bits per heavy atom. The molecule has 0 saturated carbocycles. The second-order valence-corrected chi connectivity index (χ2v) is 6.84. The maximum Gasteiger partial charge on any atom is 0.313 e. The van der Waals surface area contributed by atoms with Gasteiger partial charge in [-0.05, 0) is 24.3 Å². The first-order valence-electron chi connectivity index (χ1n) is 8.32. The number of carboxylic acid groups (broad SMARTS) is 1. The minimum atomic E-state index is -0.760. The lowest BCUT2D eigenvalue weighted by Crippen LogP contribution is -2.38. The van der Waals surface area contributed by atoms with Crippen molar-refractivity contribution in [1.82, 2.24) is 15.1 Å². The van der Waals surface area contributed by atoms with Crippen molar-refractivity contribution in [3.05, 3.63) is 36.0 Å². The van der Waals surface area contributed by atoms with Crippen molar-refractivity contribution in [1.29, 1.82) is 0 Å². The summed E-state index contributed by atoms with van der Waals surface area (Å²) in [5.41, 5.74) is 2.29. The van der Waals surface area contributed by atoms with Crippen LogP contribution in [0.1, 0.15) is 5.56 Å². The fourth-order valence-electron chi connectivity index (χ4n) is 3.94. The molecule has 7 nitrogen and oxygen atoms in total. The van der Waals surface area contributed by atoms with Gasteiger partial charge in [-0.1, -0.05) is 0 Å². The second-order valence-electron chi connectivity index (χ2n) is 6.84. The number of ether oxygens (including phenoxy) is 2. The average Bonchev–Trinajstić information content (AvgIpc) is 3.29. The standard InChI is InChI=1S/C18H21N3O4/c1-24-15-4-2-12(3-5-15)16-13(6-19-20-16)7-21-8-14-9-25-11-18(14,10-21)17(22)23/h2-6,14H,7-11H2,1H3,(H,19,20)(H,22,23)/t14-,18-/m1/s1. The summed E-state index contributed by atoms with van der Waals surface area (Å²) in [4.78, 5) is 14.0. The predicted octanol–water partition coefficient (Wildman–Crippen LogP) is 1.62. The van der Waals surface area contributed by atoms with Crippen LogP contribution in [0.5, 0.6) is 5.75 Å². The average molecular weight is 343 g/mol. The molecule has 0 unspecified atom stereocenters. The lowest BCUT2D eigenvalue weighted by molar-refractivity contribution is -0.149. The molecular formula is C18H21N3O4. The summed E-state index contributed by atoms with van der Waals surface area (Å²) in [5.74, 6) is 0.113. The zero-order valence-electron chi connectivity index (χ0n) is 14.1. The van der Waals surface area contributed by atoms with Crippen molar-refractivity contribution >= 4 is 5.97 Å². The molecule has 2 aliphatic rings. The molecule has 0 amide bonds. The molecule has 0 aliphatic carbocycles. The smallest absolute Gasteiger partial charge is 0.313 e. The van der Waals surface area contributed by atoms with Gasteiger partial charge in [-0.3, -0.25) is 14.8 Å². The number of methoxy groups -OCH3 is 1. The molecule has 3 heterocycles. The van der Waals surface area contributed by atoms with Crippen LogP contribution in [0, 0.1) is 11.3 Å². The molecule has 1 aromatic heterocycles. The van der Waals surface area contributed by atoms with Crippen molar-refractivity contribution in [2.45, 2.75) is 6.54 Å². The number of nitrogens with one attached hydrogen (secondary N) is 1. The molecular weight excluding hydrogens is 322 g/mol. The second kappa shape index (κ2) is 6.16. The maximum atomic E-state index is 11.8. The van der Waals surface area contributed by atoms with E-state index in [1.165, 1.54) is 0 Å². The molecule has 2 N–H and O–H groups in total. The maximum absolute atomic E-state index is 11.8. The van der Waals surface area contributed by atoms with Crippen LogP contribution in [0.25, 0.3) is 11.3 Å². The molecule has 0 radical (unpaired) electrons. The van der Waals surface area contributed by atoms with E-state index in [9.17, 15) is 9.90 Å². The summed E-state index contributed by atoms with van der Waals surface area (Å²) < 4.78 is 10.6. The van der Waals surface area contributed by atoms with Crippen molar-refractivity contribution in [3.63, 3.8) is 0 Å². The first-order chi connectivity index (χ1) is 12.1. The third-order valence-electron chi connectivity index (χ3n) is 5.36. The molecule has 2 aliphatic heterocycles. The van der Waals surface area contributed by atoms with Gasteiger partial charge in [0.15, 0.2) is 0 Å². The Balaban J connectivity index is 1.53. The van der Waals surface area contributed by atoms with Crippen LogP contribution in [0.4, 0.5) is 0 Å². The van der Waals surface area contributed by atoms with Crippen LogP contribution in [0.3, 0.4) is 0 Å². The molecule has 0 spiro atoms. The van der Waals surface area contributed by atoms with Crippen LogP contribution in [-0.4, -0.2) is 59.6 Å². The molecule has 25 heavy (non-hydrogen) atoms. The van der Waals surface area contributed by atoms with Gasteiger partial charge >= 0.3 is 5.97 Å². The highest BCUT2D eigenvalue weighted by molar-refractivity contribution is 5.76. The van der Waals surface area contributed by atoms with E-state index in [0.717, 1.165) is 29.1 Å². The number of H-pyrrole nitrogens is 1. The lowest BCUT2D eigenvalue weighted by Gasteiger charge is -2.22. The summed E-state index contributed by atoms with van der Waals surface area (Å²) in [6, 6.07) is 7.80. The highest BCUT2D eigenvalue weighted by Crippen LogP contribution is 2.42. The molecule has 0 bridgehead atoms. The van der Waals surface area contributed by atoms with Gasteiger partial charge in [0.05, 0.1) is 32.2 Å². The molecule has 1 aromatic carbocycles. The zero-order chi connectivity index (χ0) is 17.4. The Kier molecular flexibility index (Phi) is 3.97. The Labute approximate surface area is 145 Å². The van der Waals surface area contributed by atoms with E-state index in [4.69, 9.17) is 9.47 Å². The number of aromatic amines is 1. The zero-order valence-corrected chi connectivity index (χ0v) is 14.1. The number of carbonyl (C=O) groups is 1. The lowest BCUT2D eigenvalue weighted by atomic mass is 9.81. The Hall–Kier alpha value is -2.38. The first kappa shape index (κ1) is 16.1. The number of fused-ring (bicyclic) bond motifs is 1. The molecule has 7 heteroatoms. The Bertz CT molecular complexity index is 773. The SMILES string of the molecule is COc1ccc(-c2[nH]ncc2CN2C[C@@H]3COC[C@]3(C(=O)O)C2)cc1. The highest BCUT2D eigenvalue weighted by Gasteiger charge is 2.56. The number of hydrogen-bond donors (Lipinski definition) is 2. The minimum Gasteiger partial charge on any atom is -0.497 e. The third-order valence-corrected chi connectivity index (χ3v) is 5.36. The molecule has 132 valence electrons. The minimum absolute atomic E-state index is 0.0568. The van der Waals surface area contributed by atoms with Gasteiger partial charge in [0.1, 0.15) is 11.2 Å². The summed E-state index contributed by atoms with van der Waals surface area (Å²) in [6.07, 6.45) is 1.82. The summed E-state index contributed by atoms with van der Waals surface area (Å²) >= 11 is 0. The van der Waals surface area contributed by atoms with Crippen LogP contribution in [0.2, 0.25) is 0 Å². The molecule has 4 rings (SSSR count). The van der Waals surface area contributed by atoms with E-state index in [1.54, 1.807) is 7.11 Å². The molecule has 2 atom stereocenters. The third kappa shape index (κ3) is 2.69. The van der Waals surface area contributed by atoms with Gasteiger partial charge in [-0.15, -0.1) is 0 Å². The quantitative estimate of drug-likeness (QED) is 0.858. The number of aromatic nitrogens is 2. The molecule has 2 saturated heterocycles. The van der Waals surface area contributed by atoms with E-state index in [0.29, 0.717) is 26.3 Å². The van der Waals surface area contributed by atoms with Gasteiger partial charge in [-0.25, -0.2) is 0 Å². The number of hydrogen-bond acceptors (Lipinski definition) is 5. The number of benzene rings is 1. The van der Waals surface area contributed by atoms with Crippen molar-refractivity contribution in [3.8, 4) is 17.0 Å². The first-order valence-corrected chi connectivity index (χ1v) is 8.32. The van der Waals surface area contributed by atoms with Crippen molar-refractivity contribution < 1.29 is 19.4 Å².